The summed E-state index contributed by atoms with van der Waals surface area (Å²) in [6.07, 6.45) is 1.99. The average molecular weight is 293 g/mol. The molecule has 2 aliphatic rings. The number of urea groups is 1. The van der Waals surface area contributed by atoms with Gasteiger partial charge in [0, 0.05) is 0 Å². The molecule has 1 saturated heterocycles. The van der Waals surface area contributed by atoms with Crippen molar-refractivity contribution in [1.82, 2.24) is 9.96 Å². The van der Waals surface area contributed by atoms with Crippen LogP contribution in [0.4, 0.5) is 4.79 Å². The lowest BCUT2D eigenvalue weighted by Gasteiger charge is -2.39. The minimum atomic E-state index is -2.06. The van der Waals surface area contributed by atoms with Crippen LogP contribution in [0.1, 0.15) is 27.7 Å². The van der Waals surface area contributed by atoms with Gasteiger partial charge in [-0.05, 0) is 30.6 Å². The third-order valence-electron chi connectivity index (χ3n) is 4.57. The fourth-order valence-corrected chi connectivity index (χ4v) is 3.24. The number of hydrogen-bond acceptors (Lipinski definition) is 3. The second kappa shape index (κ2) is 4.60. The maximum absolute atomic E-state index is 12.5. The predicted molar refractivity (Wildman–Crippen MR) is 79.2 cm³/mol. The zero-order valence-corrected chi connectivity index (χ0v) is 14.1. The zero-order valence-electron chi connectivity index (χ0n) is 13.1. The van der Waals surface area contributed by atoms with Crippen molar-refractivity contribution in [3.8, 4) is 6.07 Å². The summed E-state index contributed by atoms with van der Waals surface area (Å²) < 4.78 is 6.16. The molecule has 110 valence electrons. The van der Waals surface area contributed by atoms with E-state index in [2.05, 4.69) is 39.9 Å². The first-order valence-corrected chi connectivity index (χ1v) is 9.86. The molecule has 0 radical (unpaired) electrons. The fraction of sp³-hybridized carbons (Fsp3) is 0.714. The lowest BCUT2D eigenvalue weighted by molar-refractivity contribution is -0.0295. The van der Waals surface area contributed by atoms with Gasteiger partial charge in [-0.1, -0.05) is 26.8 Å². The summed E-state index contributed by atoms with van der Waals surface area (Å²) in [6.45, 7) is 13.1. The summed E-state index contributed by atoms with van der Waals surface area (Å²) in [5, 5.41) is 10.7. The second-order valence-corrected chi connectivity index (χ2v) is 11.8. The van der Waals surface area contributed by atoms with Gasteiger partial charge in [0.25, 0.3) is 0 Å². The number of amides is 2. The van der Waals surface area contributed by atoms with Crippen LogP contribution < -0.4 is 0 Å². The van der Waals surface area contributed by atoms with E-state index in [4.69, 9.17) is 4.53 Å². The summed E-state index contributed by atoms with van der Waals surface area (Å²) in [5.74, 6) is 0. The Balaban J connectivity index is 2.25. The van der Waals surface area contributed by atoms with Crippen LogP contribution in [0.15, 0.2) is 11.6 Å². The van der Waals surface area contributed by atoms with E-state index >= 15 is 0 Å². The van der Waals surface area contributed by atoms with E-state index in [9.17, 15) is 10.1 Å². The van der Waals surface area contributed by atoms with E-state index in [1.807, 2.05) is 13.0 Å². The van der Waals surface area contributed by atoms with E-state index in [0.717, 1.165) is 5.57 Å². The van der Waals surface area contributed by atoms with Crippen LogP contribution in [0.5, 0.6) is 0 Å². The maximum Gasteiger partial charge on any atom is 0.345 e. The molecule has 2 atom stereocenters. The van der Waals surface area contributed by atoms with Crippen LogP contribution in [0.3, 0.4) is 0 Å². The van der Waals surface area contributed by atoms with Gasteiger partial charge in [0.15, 0.2) is 0 Å². The highest BCUT2D eigenvalue weighted by Gasteiger charge is 2.49. The number of carbonyl (C=O) groups excluding carboxylic acids is 1. The molecule has 0 N–H and O–H groups in total. The molecule has 2 amide bonds. The molecule has 2 rings (SSSR count). The van der Waals surface area contributed by atoms with Gasteiger partial charge < -0.3 is 9.43 Å². The van der Waals surface area contributed by atoms with Gasteiger partial charge in [0.1, 0.15) is 6.04 Å². The molecule has 2 heterocycles. The SMILES string of the molecule is CC1=CC2CN(C(=O)N2O[Si](C)(C)C(C)(C)C)[C@@H]1C#N. The number of nitrogens with zero attached hydrogens (tertiary/aromatic N) is 3. The highest BCUT2D eigenvalue weighted by molar-refractivity contribution is 6.74. The van der Waals surface area contributed by atoms with Crippen molar-refractivity contribution in [2.24, 2.45) is 0 Å². The molecule has 0 saturated carbocycles. The molecular weight excluding hydrogens is 270 g/mol. The molecule has 6 heteroatoms. The van der Waals surface area contributed by atoms with Gasteiger partial charge in [0.05, 0.1) is 18.7 Å². The third-order valence-corrected chi connectivity index (χ3v) is 8.84. The lowest BCUT2D eigenvalue weighted by Crippen LogP contribution is -2.49. The van der Waals surface area contributed by atoms with Crippen LogP contribution in [-0.2, 0) is 4.53 Å². The number of rotatable bonds is 2. The number of nitriles is 1. The predicted octanol–water partition coefficient (Wildman–Crippen LogP) is 2.88. The third kappa shape index (κ3) is 2.25. The summed E-state index contributed by atoms with van der Waals surface area (Å²) in [4.78, 5) is 14.1. The Hall–Kier alpha value is -1.32. The monoisotopic (exact) mass is 293 g/mol. The second-order valence-electron chi connectivity index (χ2n) is 7.12. The van der Waals surface area contributed by atoms with Gasteiger partial charge in [-0.15, -0.1) is 0 Å². The van der Waals surface area contributed by atoms with Crippen LogP contribution in [-0.4, -0.2) is 42.9 Å². The number of fused-ring (bicyclic) bond motifs is 2. The van der Waals surface area contributed by atoms with Crippen LogP contribution in [0, 0.1) is 11.3 Å². The maximum atomic E-state index is 12.5. The van der Waals surface area contributed by atoms with Crippen molar-refractivity contribution in [1.29, 1.82) is 5.26 Å². The molecule has 1 unspecified atom stereocenters. The van der Waals surface area contributed by atoms with E-state index in [1.54, 1.807) is 4.90 Å². The van der Waals surface area contributed by atoms with E-state index in [0.29, 0.717) is 6.54 Å². The van der Waals surface area contributed by atoms with Gasteiger partial charge in [-0.2, -0.15) is 5.26 Å². The molecule has 5 nitrogen and oxygen atoms in total. The molecule has 0 aromatic heterocycles. The molecule has 0 aromatic carbocycles. The minimum absolute atomic E-state index is 0.0344. The Morgan fingerprint density at radius 1 is 1.45 bits per heavy atom. The first kappa shape index (κ1) is 15.1. The molecule has 1 fully saturated rings. The number of hydroxylamine groups is 2. The van der Waals surface area contributed by atoms with Gasteiger partial charge in [-0.3, -0.25) is 0 Å². The van der Waals surface area contributed by atoms with Crippen molar-refractivity contribution < 1.29 is 9.32 Å². The molecule has 2 bridgehead atoms. The van der Waals surface area contributed by atoms with Gasteiger partial charge in [0.2, 0.25) is 8.32 Å². The molecular formula is C14H23N3O2Si. The molecule has 2 aliphatic heterocycles. The smallest absolute Gasteiger partial charge is 0.315 e. The van der Waals surface area contributed by atoms with Crippen molar-refractivity contribution in [2.45, 2.75) is 57.9 Å². The normalized spacial score (nSPS) is 26.6. The first-order valence-electron chi connectivity index (χ1n) is 6.95. The Bertz CT molecular complexity index is 502. The van der Waals surface area contributed by atoms with Crippen molar-refractivity contribution in [3.63, 3.8) is 0 Å². The fourth-order valence-electron chi connectivity index (χ4n) is 2.26. The van der Waals surface area contributed by atoms with Crippen LogP contribution in [0.25, 0.3) is 0 Å². The average Bonchev–Trinajstić information content (AvgIpc) is 2.54. The highest BCUT2D eigenvalue weighted by Crippen LogP contribution is 2.39. The minimum Gasteiger partial charge on any atom is -0.315 e. The molecule has 0 aliphatic carbocycles. The van der Waals surface area contributed by atoms with E-state index in [1.165, 1.54) is 5.06 Å². The first-order chi connectivity index (χ1) is 9.08. The molecule has 20 heavy (non-hydrogen) atoms. The lowest BCUT2D eigenvalue weighted by atomic mass is 10.0. The Kier molecular flexibility index (Phi) is 3.47. The largest absolute Gasteiger partial charge is 0.345 e. The van der Waals surface area contributed by atoms with E-state index in [-0.39, 0.29) is 17.1 Å². The van der Waals surface area contributed by atoms with E-state index < -0.39 is 14.4 Å². The van der Waals surface area contributed by atoms with Gasteiger partial charge in [-0.25, -0.2) is 9.86 Å². The molecule has 0 aromatic rings. The topological polar surface area (TPSA) is 56.6 Å². The quantitative estimate of drug-likeness (QED) is 0.581. The van der Waals surface area contributed by atoms with Crippen molar-refractivity contribution >= 4 is 14.3 Å². The number of hydrogen-bond donors (Lipinski definition) is 0. The highest BCUT2D eigenvalue weighted by atomic mass is 28.4. The Morgan fingerprint density at radius 3 is 2.55 bits per heavy atom. The zero-order chi connectivity index (χ0) is 15.3. The summed E-state index contributed by atoms with van der Waals surface area (Å²) in [6, 6.07) is 1.49. The standard InChI is InChI=1S/C14H23N3O2Si/c1-10-7-11-9-16(12(10)8-15)13(18)17(11)19-20(5,6)14(2,3)4/h7,11-12H,9H2,1-6H3/t11?,12-/m1/s1. The van der Waals surface area contributed by atoms with Gasteiger partial charge >= 0.3 is 6.03 Å². The summed E-state index contributed by atoms with van der Waals surface area (Å²) in [5.41, 5.74) is 0.929. The number of carbonyl (C=O) groups is 1. The van der Waals surface area contributed by atoms with Crippen molar-refractivity contribution in [2.75, 3.05) is 6.54 Å². The van der Waals surface area contributed by atoms with Crippen LogP contribution in [0.2, 0.25) is 18.1 Å². The van der Waals surface area contributed by atoms with Crippen molar-refractivity contribution in [3.05, 3.63) is 11.6 Å². The Morgan fingerprint density at radius 2 is 2.05 bits per heavy atom. The van der Waals surface area contributed by atoms with Crippen LogP contribution >= 0.6 is 0 Å². The summed E-state index contributed by atoms with van der Waals surface area (Å²) in [7, 11) is -2.06. The summed E-state index contributed by atoms with van der Waals surface area (Å²) >= 11 is 0. The Labute approximate surface area is 121 Å². The molecule has 0 spiro atoms.